The maximum Gasteiger partial charge on any atom is 0.246 e. The molecule has 0 unspecified atom stereocenters. The van der Waals surface area contributed by atoms with Gasteiger partial charge < -0.3 is 15.8 Å². The van der Waals surface area contributed by atoms with E-state index in [2.05, 4.69) is 5.32 Å². The first kappa shape index (κ1) is 19.1. The molecule has 8 heteroatoms. The lowest BCUT2D eigenvalue weighted by Gasteiger charge is -2.31. The van der Waals surface area contributed by atoms with Gasteiger partial charge in [-0.3, -0.25) is 4.79 Å². The smallest absolute Gasteiger partial charge is 0.246 e. The summed E-state index contributed by atoms with van der Waals surface area (Å²) >= 11 is 0. The lowest BCUT2D eigenvalue weighted by atomic mass is 9.82. The van der Waals surface area contributed by atoms with E-state index in [0.717, 1.165) is 32.1 Å². The van der Waals surface area contributed by atoms with Crippen LogP contribution in [0.1, 0.15) is 44.9 Å². The molecule has 144 valence electrons. The first-order valence-electron chi connectivity index (χ1n) is 9.15. The molecule has 0 aromatic heterocycles. The van der Waals surface area contributed by atoms with E-state index in [-0.39, 0.29) is 16.6 Å². The minimum absolute atomic E-state index is 0.125. The van der Waals surface area contributed by atoms with Crippen LogP contribution in [0.3, 0.4) is 0 Å². The Bertz CT molecular complexity index is 767. The number of sulfonamides is 1. The molecular formula is C18H27N3O4S. The number of nitrogens with one attached hydrogen (secondary N) is 1. The third-order valence-electron chi connectivity index (χ3n) is 5.30. The second-order valence-electron chi connectivity index (χ2n) is 7.15. The van der Waals surface area contributed by atoms with Crippen molar-refractivity contribution in [3.8, 4) is 5.75 Å². The fourth-order valence-electron chi connectivity index (χ4n) is 3.69. The number of nitrogens with zero attached hydrogens (tertiary/aromatic N) is 1. The Kier molecular flexibility index (Phi) is 5.55. The van der Waals surface area contributed by atoms with Gasteiger partial charge in [-0.25, -0.2) is 8.42 Å². The summed E-state index contributed by atoms with van der Waals surface area (Å²) in [5, 5.41) is 2.82. The van der Waals surface area contributed by atoms with Crippen molar-refractivity contribution in [3.05, 3.63) is 18.2 Å². The number of anilines is 1. The fraction of sp³-hybridized carbons (Fsp3) is 0.611. The van der Waals surface area contributed by atoms with Gasteiger partial charge in [0, 0.05) is 24.8 Å². The highest BCUT2D eigenvalue weighted by molar-refractivity contribution is 7.89. The average Bonchev–Trinajstić information content (AvgIpc) is 3.17. The van der Waals surface area contributed by atoms with E-state index < -0.39 is 15.6 Å². The van der Waals surface area contributed by atoms with Gasteiger partial charge in [-0.1, -0.05) is 19.3 Å². The number of amides is 1. The Balaban J connectivity index is 1.81. The van der Waals surface area contributed by atoms with Crippen molar-refractivity contribution in [2.75, 3.05) is 25.5 Å². The van der Waals surface area contributed by atoms with Crippen LogP contribution in [0.4, 0.5) is 5.69 Å². The summed E-state index contributed by atoms with van der Waals surface area (Å²) < 4.78 is 32.3. The zero-order valence-corrected chi connectivity index (χ0v) is 16.0. The summed E-state index contributed by atoms with van der Waals surface area (Å²) in [6.07, 6.45) is 6.06. The van der Waals surface area contributed by atoms with Gasteiger partial charge in [0.05, 0.1) is 12.6 Å². The number of nitrogens with two attached hydrogens (primary N) is 1. The number of carbonyl (C=O) groups excluding carboxylic acids is 1. The number of hydrogen-bond donors (Lipinski definition) is 2. The summed E-state index contributed by atoms with van der Waals surface area (Å²) in [6, 6.07) is 4.63. The molecule has 1 saturated carbocycles. The molecule has 1 aromatic carbocycles. The number of carbonyl (C=O) groups is 1. The predicted molar refractivity (Wildman–Crippen MR) is 99.6 cm³/mol. The molecule has 1 amide bonds. The molecule has 7 nitrogen and oxygen atoms in total. The SMILES string of the molecule is COc1cc(NC(=O)C2(N)CCCCC2)ccc1S(=O)(=O)N1CCCC1. The zero-order chi connectivity index (χ0) is 18.8. The highest BCUT2D eigenvalue weighted by atomic mass is 32.2. The highest BCUT2D eigenvalue weighted by Gasteiger charge is 2.35. The van der Waals surface area contributed by atoms with E-state index in [0.29, 0.717) is 31.6 Å². The number of ether oxygens (including phenoxy) is 1. The lowest BCUT2D eigenvalue weighted by molar-refractivity contribution is -0.122. The van der Waals surface area contributed by atoms with E-state index in [9.17, 15) is 13.2 Å². The van der Waals surface area contributed by atoms with Crippen molar-refractivity contribution in [1.82, 2.24) is 4.31 Å². The minimum Gasteiger partial charge on any atom is -0.495 e. The van der Waals surface area contributed by atoms with E-state index in [1.165, 1.54) is 17.5 Å². The molecule has 0 radical (unpaired) electrons. The van der Waals surface area contributed by atoms with Crippen LogP contribution >= 0.6 is 0 Å². The number of methoxy groups -OCH3 is 1. The van der Waals surface area contributed by atoms with Crippen LogP contribution in [0.2, 0.25) is 0 Å². The molecule has 2 aliphatic rings. The molecule has 1 saturated heterocycles. The van der Waals surface area contributed by atoms with Gasteiger partial charge in [0.25, 0.3) is 0 Å². The Morgan fingerprint density at radius 3 is 2.42 bits per heavy atom. The van der Waals surface area contributed by atoms with Crippen molar-refractivity contribution in [2.24, 2.45) is 5.73 Å². The van der Waals surface area contributed by atoms with Crippen LogP contribution in [0, 0.1) is 0 Å². The Morgan fingerprint density at radius 1 is 1.15 bits per heavy atom. The van der Waals surface area contributed by atoms with Crippen LogP contribution in [-0.2, 0) is 14.8 Å². The van der Waals surface area contributed by atoms with Gasteiger partial charge in [-0.2, -0.15) is 4.31 Å². The number of rotatable bonds is 5. The van der Waals surface area contributed by atoms with E-state index in [1.807, 2.05) is 0 Å². The third-order valence-corrected chi connectivity index (χ3v) is 7.24. The van der Waals surface area contributed by atoms with Gasteiger partial charge in [0.1, 0.15) is 10.6 Å². The quantitative estimate of drug-likeness (QED) is 0.813. The molecule has 26 heavy (non-hydrogen) atoms. The molecular weight excluding hydrogens is 354 g/mol. The predicted octanol–water partition coefficient (Wildman–Crippen LogP) is 2.08. The monoisotopic (exact) mass is 381 g/mol. The van der Waals surface area contributed by atoms with Crippen LogP contribution in [-0.4, -0.2) is 44.4 Å². The second kappa shape index (κ2) is 7.54. The molecule has 0 bridgehead atoms. The van der Waals surface area contributed by atoms with Crippen molar-refractivity contribution < 1.29 is 17.9 Å². The standard InChI is InChI=1S/C18H27N3O4S/c1-25-15-13-14(20-17(22)18(19)9-3-2-4-10-18)7-8-16(15)26(23,24)21-11-5-6-12-21/h7-8,13H,2-6,9-12,19H2,1H3,(H,20,22). The Hall–Kier alpha value is -1.64. The van der Waals surface area contributed by atoms with Crippen molar-refractivity contribution in [2.45, 2.75) is 55.4 Å². The lowest BCUT2D eigenvalue weighted by Crippen LogP contribution is -2.52. The van der Waals surface area contributed by atoms with Gasteiger partial charge in [0.2, 0.25) is 15.9 Å². The normalized spacial score (nSPS) is 20.7. The average molecular weight is 381 g/mol. The Morgan fingerprint density at radius 2 is 1.81 bits per heavy atom. The first-order valence-corrected chi connectivity index (χ1v) is 10.6. The van der Waals surface area contributed by atoms with Crippen LogP contribution in [0.15, 0.2) is 23.1 Å². The molecule has 0 spiro atoms. The first-order chi connectivity index (χ1) is 12.4. The van der Waals surface area contributed by atoms with Gasteiger partial charge in [-0.05, 0) is 37.8 Å². The summed E-state index contributed by atoms with van der Waals surface area (Å²) in [5.41, 5.74) is 5.89. The van der Waals surface area contributed by atoms with E-state index in [1.54, 1.807) is 12.1 Å². The molecule has 0 atom stereocenters. The fourth-order valence-corrected chi connectivity index (χ4v) is 5.34. The summed E-state index contributed by atoms with van der Waals surface area (Å²) in [7, 11) is -2.16. The molecule has 1 aliphatic carbocycles. The van der Waals surface area contributed by atoms with Crippen LogP contribution in [0.25, 0.3) is 0 Å². The summed E-state index contributed by atoms with van der Waals surface area (Å²) in [6.45, 7) is 1.05. The van der Waals surface area contributed by atoms with Crippen LogP contribution in [0.5, 0.6) is 5.75 Å². The maximum absolute atomic E-state index is 12.8. The third kappa shape index (κ3) is 3.72. The maximum atomic E-state index is 12.8. The van der Waals surface area contributed by atoms with Crippen LogP contribution < -0.4 is 15.8 Å². The number of benzene rings is 1. The van der Waals surface area contributed by atoms with Gasteiger partial charge in [-0.15, -0.1) is 0 Å². The zero-order valence-electron chi connectivity index (χ0n) is 15.2. The minimum atomic E-state index is -3.59. The number of hydrogen-bond acceptors (Lipinski definition) is 5. The van der Waals surface area contributed by atoms with Crippen molar-refractivity contribution >= 4 is 21.6 Å². The molecule has 3 rings (SSSR count). The second-order valence-corrected chi connectivity index (χ2v) is 9.05. The van der Waals surface area contributed by atoms with Crippen molar-refractivity contribution in [1.29, 1.82) is 0 Å². The molecule has 1 aliphatic heterocycles. The highest BCUT2D eigenvalue weighted by Crippen LogP contribution is 2.32. The van der Waals surface area contributed by atoms with Gasteiger partial charge >= 0.3 is 0 Å². The van der Waals surface area contributed by atoms with E-state index in [4.69, 9.17) is 10.5 Å². The molecule has 2 fully saturated rings. The Labute approximate surface area is 154 Å². The topological polar surface area (TPSA) is 102 Å². The van der Waals surface area contributed by atoms with Gasteiger partial charge in [0.15, 0.2) is 0 Å². The largest absolute Gasteiger partial charge is 0.495 e. The van der Waals surface area contributed by atoms with Crippen molar-refractivity contribution in [3.63, 3.8) is 0 Å². The summed E-state index contributed by atoms with van der Waals surface area (Å²) in [5.74, 6) is -0.00109. The van der Waals surface area contributed by atoms with E-state index >= 15 is 0 Å². The summed E-state index contributed by atoms with van der Waals surface area (Å²) in [4.78, 5) is 12.7. The molecule has 1 aromatic rings. The molecule has 1 heterocycles. The molecule has 3 N–H and O–H groups in total.